The highest BCUT2D eigenvalue weighted by Gasteiger charge is 2.23. The molecular formula is C32H69NO4S. The summed E-state index contributed by atoms with van der Waals surface area (Å²) >= 11 is 0. The van der Waals surface area contributed by atoms with Gasteiger partial charge < -0.3 is 9.04 Å². The second kappa shape index (κ2) is 29.8. The van der Waals surface area contributed by atoms with Gasteiger partial charge >= 0.3 is 0 Å². The molecule has 0 aromatic carbocycles. The predicted octanol–water partition coefficient (Wildman–Crippen LogP) is 10.2. The highest BCUT2D eigenvalue weighted by atomic mass is 32.3. The van der Waals surface area contributed by atoms with Crippen molar-refractivity contribution in [3.63, 3.8) is 0 Å². The number of unbranched alkanes of at least 4 members (excludes halogenated alkanes) is 21. The Hall–Kier alpha value is -0.170. The predicted molar refractivity (Wildman–Crippen MR) is 166 cm³/mol. The minimum Gasteiger partial charge on any atom is -0.726 e. The molecule has 0 heterocycles. The minimum atomic E-state index is -4.92. The minimum absolute atomic E-state index is 1.36. The van der Waals surface area contributed by atoms with Crippen molar-refractivity contribution in [2.75, 3.05) is 26.2 Å². The Kier molecular flexibility index (Phi) is 31.3. The van der Waals surface area contributed by atoms with Gasteiger partial charge in [0.15, 0.2) is 0 Å². The third kappa shape index (κ3) is 33.9. The number of hydrogen-bond donors (Lipinski definition) is 1. The highest BCUT2D eigenvalue weighted by molar-refractivity contribution is 7.79. The molecule has 0 saturated heterocycles. The third-order valence-electron chi connectivity index (χ3n) is 8.13. The van der Waals surface area contributed by atoms with E-state index in [9.17, 15) is 0 Å². The van der Waals surface area contributed by atoms with Crippen molar-refractivity contribution in [3.8, 4) is 0 Å². The molecule has 0 spiro atoms. The number of nitrogens with zero attached hydrogens (tertiary/aromatic N) is 1. The Balaban J connectivity index is 0. The normalized spacial score (nSPS) is 11.9. The van der Waals surface area contributed by atoms with Crippen LogP contribution in [0.2, 0.25) is 0 Å². The van der Waals surface area contributed by atoms with E-state index in [0.717, 1.165) is 0 Å². The fourth-order valence-electron chi connectivity index (χ4n) is 5.55. The van der Waals surface area contributed by atoms with Gasteiger partial charge in [0.1, 0.15) is 0 Å². The van der Waals surface area contributed by atoms with E-state index < -0.39 is 10.4 Å². The summed E-state index contributed by atoms with van der Waals surface area (Å²) in [6.45, 7) is 15.2. The molecule has 0 bridgehead atoms. The molecule has 38 heavy (non-hydrogen) atoms. The molecule has 0 rings (SSSR count). The van der Waals surface area contributed by atoms with E-state index in [1.54, 1.807) is 0 Å². The summed E-state index contributed by atoms with van der Waals surface area (Å²) in [4.78, 5) is 0. The zero-order valence-corrected chi connectivity index (χ0v) is 27.1. The zero-order chi connectivity index (χ0) is 28.8. The molecule has 232 valence electrons. The summed E-state index contributed by atoms with van der Waals surface area (Å²) in [7, 11) is -4.92. The van der Waals surface area contributed by atoms with Crippen molar-refractivity contribution in [2.45, 2.75) is 182 Å². The monoisotopic (exact) mass is 563 g/mol. The van der Waals surface area contributed by atoms with Crippen LogP contribution in [0.3, 0.4) is 0 Å². The zero-order valence-electron chi connectivity index (χ0n) is 26.3. The molecule has 0 unspecified atom stereocenters. The van der Waals surface area contributed by atoms with E-state index in [0.29, 0.717) is 0 Å². The molecule has 0 fully saturated rings. The lowest BCUT2D eigenvalue weighted by molar-refractivity contribution is -0.927. The maximum absolute atomic E-state index is 8.63. The SMILES string of the molecule is CCCCCCCCCC[N+](CC)(CCCCCCCCCC)CCCCCCCCCC.O=S(=O)([O-])O. The fourth-order valence-corrected chi connectivity index (χ4v) is 5.55. The Morgan fingerprint density at radius 1 is 0.447 bits per heavy atom. The number of rotatable bonds is 28. The highest BCUT2D eigenvalue weighted by Crippen LogP contribution is 2.19. The number of hydrogen-bond acceptors (Lipinski definition) is 3. The van der Waals surface area contributed by atoms with Crippen LogP contribution in [0.4, 0.5) is 0 Å². The van der Waals surface area contributed by atoms with Crippen LogP contribution in [0.15, 0.2) is 0 Å². The Morgan fingerprint density at radius 2 is 0.632 bits per heavy atom. The van der Waals surface area contributed by atoms with Gasteiger partial charge in [0.25, 0.3) is 0 Å². The van der Waals surface area contributed by atoms with Gasteiger partial charge in [0, 0.05) is 0 Å². The van der Waals surface area contributed by atoms with Crippen molar-refractivity contribution in [2.24, 2.45) is 0 Å². The summed E-state index contributed by atoms with van der Waals surface area (Å²) < 4.78 is 34.3. The molecule has 0 atom stereocenters. The summed E-state index contributed by atoms with van der Waals surface area (Å²) in [6, 6.07) is 0. The fraction of sp³-hybridized carbons (Fsp3) is 1.00. The lowest BCUT2D eigenvalue weighted by Gasteiger charge is -2.38. The maximum Gasteiger partial charge on any atom is 0.215 e. The Labute approximate surface area is 240 Å². The van der Waals surface area contributed by atoms with Gasteiger partial charge in [-0.1, -0.05) is 136 Å². The van der Waals surface area contributed by atoms with Crippen LogP contribution in [-0.4, -0.2) is 48.2 Å². The largest absolute Gasteiger partial charge is 0.726 e. The topological polar surface area (TPSA) is 77.4 Å². The van der Waals surface area contributed by atoms with Gasteiger partial charge in [-0.2, -0.15) is 0 Å². The third-order valence-corrected chi connectivity index (χ3v) is 8.13. The van der Waals surface area contributed by atoms with Crippen LogP contribution in [0.25, 0.3) is 0 Å². The molecule has 6 heteroatoms. The van der Waals surface area contributed by atoms with E-state index >= 15 is 0 Å². The van der Waals surface area contributed by atoms with Crippen molar-refractivity contribution in [3.05, 3.63) is 0 Å². The summed E-state index contributed by atoms with van der Waals surface area (Å²) in [5, 5.41) is 0. The lowest BCUT2D eigenvalue weighted by Crippen LogP contribution is -2.50. The molecule has 0 amide bonds. The van der Waals surface area contributed by atoms with Crippen LogP contribution < -0.4 is 0 Å². The molecule has 0 radical (unpaired) electrons. The molecule has 0 aliphatic heterocycles. The first-order valence-electron chi connectivity index (χ1n) is 16.8. The summed E-state index contributed by atoms with van der Waals surface area (Å²) in [5.74, 6) is 0. The van der Waals surface area contributed by atoms with Crippen molar-refractivity contribution in [1.29, 1.82) is 0 Å². The molecule has 0 aromatic heterocycles. The average Bonchev–Trinajstić information content (AvgIpc) is 2.87. The number of quaternary nitrogens is 1. The van der Waals surface area contributed by atoms with Crippen molar-refractivity contribution < 1.29 is 22.0 Å². The quantitative estimate of drug-likeness (QED) is 0.0444. The van der Waals surface area contributed by atoms with Gasteiger partial charge in [-0.25, -0.2) is 8.42 Å². The molecule has 0 aliphatic rings. The Bertz CT molecular complexity index is 495. The van der Waals surface area contributed by atoms with Crippen LogP contribution in [0.1, 0.15) is 182 Å². The molecule has 0 aliphatic carbocycles. The first kappa shape index (κ1) is 40.0. The summed E-state index contributed by atoms with van der Waals surface area (Å²) in [6.07, 6.45) is 34.9. The lowest BCUT2D eigenvalue weighted by atomic mass is 10.0. The van der Waals surface area contributed by atoms with E-state index in [2.05, 4.69) is 27.7 Å². The smallest absolute Gasteiger partial charge is 0.215 e. The maximum atomic E-state index is 8.63. The van der Waals surface area contributed by atoms with Gasteiger partial charge in [-0.05, 0) is 45.4 Å². The van der Waals surface area contributed by atoms with Crippen LogP contribution in [0, 0.1) is 0 Å². The van der Waals surface area contributed by atoms with Gasteiger partial charge in [0.05, 0.1) is 26.2 Å². The van der Waals surface area contributed by atoms with E-state index in [-0.39, 0.29) is 0 Å². The van der Waals surface area contributed by atoms with Crippen molar-refractivity contribution in [1.82, 2.24) is 0 Å². The van der Waals surface area contributed by atoms with E-state index in [1.165, 1.54) is 185 Å². The molecule has 5 nitrogen and oxygen atoms in total. The molecule has 1 N–H and O–H groups in total. The first-order chi connectivity index (χ1) is 18.2. The molecule has 0 aromatic rings. The van der Waals surface area contributed by atoms with Crippen LogP contribution in [0.5, 0.6) is 0 Å². The first-order valence-corrected chi connectivity index (χ1v) is 18.1. The van der Waals surface area contributed by atoms with Gasteiger partial charge in [0.2, 0.25) is 10.4 Å². The van der Waals surface area contributed by atoms with E-state index in [4.69, 9.17) is 17.5 Å². The average molecular weight is 564 g/mol. The second-order valence-electron chi connectivity index (χ2n) is 11.7. The van der Waals surface area contributed by atoms with Gasteiger partial charge in [-0.3, -0.25) is 4.55 Å². The van der Waals surface area contributed by atoms with Crippen LogP contribution in [-0.2, 0) is 10.4 Å². The standard InChI is InChI=1S/C32H68N.H2O4S/c1-5-9-12-15-18-21-24-27-30-33(8-4,31-28-25-22-19-16-13-10-6-2)32-29-26-23-20-17-14-11-7-3;1-5(2,3)4/h5-32H2,1-4H3;(H2,1,2,3,4)/q+1;/p-1. The van der Waals surface area contributed by atoms with Crippen molar-refractivity contribution >= 4 is 10.4 Å². The molecule has 0 saturated carbocycles. The second-order valence-corrected chi connectivity index (χ2v) is 12.5. The van der Waals surface area contributed by atoms with Crippen LogP contribution >= 0.6 is 0 Å². The van der Waals surface area contributed by atoms with Gasteiger partial charge in [-0.15, -0.1) is 0 Å². The summed E-state index contributed by atoms with van der Waals surface area (Å²) in [5.41, 5.74) is 0. The Morgan fingerprint density at radius 3 is 0.816 bits per heavy atom. The van der Waals surface area contributed by atoms with E-state index in [1.807, 2.05) is 0 Å². The molecular weight excluding hydrogens is 494 g/mol.